The molecule has 0 saturated carbocycles. The Kier molecular flexibility index (Phi) is 5.04. The van der Waals surface area contributed by atoms with Crippen LogP contribution in [0.5, 0.6) is 0 Å². The second-order valence-corrected chi connectivity index (χ2v) is 6.93. The van der Waals surface area contributed by atoms with Crippen molar-refractivity contribution in [1.29, 1.82) is 0 Å². The minimum atomic E-state index is -0.223. The molecule has 2 amide bonds. The Bertz CT molecular complexity index is 675. The Labute approximate surface area is 138 Å². The second kappa shape index (κ2) is 6.82. The van der Waals surface area contributed by atoms with E-state index in [0.717, 1.165) is 16.8 Å². The van der Waals surface area contributed by atoms with Gasteiger partial charge in [0, 0.05) is 5.69 Å². The van der Waals surface area contributed by atoms with Crippen LogP contribution in [0.15, 0.2) is 42.6 Å². The summed E-state index contributed by atoms with van der Waals surface area (Å²) in [7, 11) is 0. The van der Waals surface area contributed by atoms with Crippen molar-refractivity contribution >= 4 is 11.7 Å². The molecule has 1 atom stereocenters. The molecule has 0 saturated heterocycles. The van der Waals surface area contributed by atoms with Gasteiger partial charge in [-0.2, -0.15) is 0 Å². The molecule has 4 nitrogen and oxygen atoms in total. The lowest BCUT2D eigenvalue weighted by molar-refractivity contribution is 0.229. The Morgan fingerprint density at radius 3 is 2.35 bits per heavy atom. The van der Waals surface area contributed by atoms with Crippen molar-refractivity contribution in [2.45, 2.75) is 40.7 Å². The fourth-order valence-electron chi connectivity index (χ4n) is 2.46. The molecule has 0 spiro atoms. The number of carbonyl (C=O) groups is 1. The Hall–Kier alpha value is -2.36. The maximum atomic E-state index is 12.4. The maximum Gasteiger partial charge on any atom is 0.319 e. The van der Waals surface area contributed by atoms with Gasteiger partial charge >= 0.3 is 6.03 Å². The van der Waals surface area contributed by atoms with Gasteiger partial charge in [-0.15, -0.1) is 0 Å². The first-order valence-electron chi connectivity index (χ1n) is 7.83. The van der Waals surface area contributed by atoms with Gasteiger partial charge in [-0.25, -0.2) is 4.79 Å². The molecule has 0 radical (unpaired) electrons. The Morgan fingerprint density at radius 1 is 1.13 bits per heavy atom. The number of hydrogen-bond acceptors (Lipinski definition) is 2. The largest absolute Gasteiger partial charge is 0.331 e. The zero-order valence-corrected chi connectivity index (χ0v) is 14.5. The quantitative estimate of drug-likeness (QED) is 0.870. The van der Waals surface area contributed by atoms with Crippen LogP contribution in [-0.2, 0) is 0 Å². The highest BCUT2D eigenvalue weighted by Crippen LogP contribution is 2.32. The summed E-state index contributed by atoms with van der Waals surface area (Å²) in [6, 6.07) is 11.6. The van der Waals surface area contributed by atoms with Crippen LogP contribution in [0.1, 0.15) is 43.6 Å². The van der Waals surface area contributed by atoms with Gasteiger partial charge in [-0.05, 0) is 36.5 Å². The molecule has 23 heavy (non-hydrogen) atoms. The van der Waals surface area contributed by atoms with Crippen molar-refractivity contribution < 1.29 is 4.79 Å². The number of anilines is 1. The van der Waals surface area contributed by atoms with Gasteiger partial charge in [0.2, 0.25) is 0 Å². The minimum Gasteiger partial charge on any atom is -0.331 e. The lowest BCUT2D eigenvalue weighted by atomic mass is 9.82. The van der Waals surface area contributed by atoms with Gasteiger partial charge in [0.25, 0.3) is 0 Å². The van der Waals surface area contributed by atoms with Gasteiger partial charge in [0.15, 0.2) is 0 Å². The molecule has 1 unspecified atom stereocenters. The highest BCUT2D eigenvalue weighted by atomic mass is 16.2. The van der Waals surface area contributed by atoms with Crippen molar-refractivity contribution in [3.63, 3.8) is 0 Å². The molecular formula is C19H25N3O. The zero-order valence-electron chi connectivity index (χ0n) is 14.5. The van der Waals surface area contributed by atoms with E-state index in [2.05, 4.69) is 36.4 Å². The third-order valence-electron chi connectivity index (χ3n) is 3.87. The number of aromatic nitrogens is 1. The van der Waals surface area contributed by atoms with E-state index in [1.165, 1.54) is 0 Å². The molecule has 0 aliphatic heterocycles. The zero-order chi connectivity index (χ0) is 17.0. The first-order valence-corrected chi connectivity index (χ1v) is 7.83. The molecule has 2 rings (SSSR count). The van der Waals surface area contributed by atoms with Gasteiger partial charge in [0.05, 0.1) is 17.9 Å². The molecule has 0 bridgehead atoms. The Morgan fingerprint density at radius 2 is 1.78 bits per heavy atom. The lowest BCUT2D eigenvalue weighted by Crippen LogP contribution is -2.39. The smallest absolute Gasteiger partial charge is 0.319 e. The Balaban J connectivity index is 2.13. The van der Waals surface area contributed by atoms with Crippen LogP contribution in [0, 0.1) is 19.3 Å². The van der Waals surface area contributed by atoms with Crippen molar-refractivity contribution in [2.75, 3.05) is 5.32 Å². The molecule has 122 valence electrons. The monoisotopic (exact) mass is 311 g/mol. The number of pyridine rings is 1. The third kappa shape index (κ3) is 4.55. The third-order valence-corrected chi connectivity index (χ3v) is 3.87. The highest BCUT2D eigenvalue weighted by Gasteiger charge is 2.27. The van der Waals surface area contributed by atoms with E-state index < -0.39 is 0 Å². The normalized spacial score (nSPS) is 12.6. The number of rotatable bonds is 3. The van der Waals surface area contributed by atoms with E-state index in [0.29, 0.717) is 5.69 Å². The van der Waals surface area contributed by atoms with Gasteiger partial charge in [0.1, 0.15) is 0 Å². The number of aryl methyl sites for hydroxylation is 2. The predicted octanol–water partition coefficient (Wildman–Crippen LogP) is 4.61. The van der Waals surface area contributed by atoms with Crippen LogP contribution in [0.3, 0.4) is 0 Å². The molecule has 0 aliphatic carbocycles. The van der Waals surface area contributed by atoms with Gasteiger partial charge in [-0.1, -0.05) is 51.1 Å². The highest BCUT2D eigenvalue weighted by molar-refractivity contribution is 5.89. The lowest BCUT2D eigenvalue weighted by Gasteiger charge is -2.32. The summed E-state index contributed by atoms with van der Waals surface area (Å²) in [4.78, 5) is 16.7. The topological polar surface area (TPSA) is 54.0 Å². The summed E-state index contributed by atoms with van der Waals surface area (Å²) in [6.45, 7) is 10.3. The molecule has 2 N–H and O–H groups in total. The number of nitrogens with zero attached hydrogens (tertiary/aromatic N) is 1. The SMILES string of the molecule is Cc1cc(NC(=O)NC(c2ccccc2)C(C)(C)C)cnc1C. The van der Waals surface area contributed by atoms with Crippen molar-refractivity contribution in [3.8, 4) is 0 Å². The van der Waals surface area contributed by atoms with Crippen LogP contribution in [0.2, 0.25) is 0 Å². The summed E-state index contributed by atoms with van der Waals surface area (Å²) in [5.41, 5.74) is 3.71. The van der Waals surface area contributed by atoms with E-state index in [1.807, 2.05) is 50.2 Å². The van der Waals surface area contributed by atoms with Gasteiger partial charge < -0.3 is 10.6 Å². The van der Waals surface area contributed by atoms with Crippen molar-refractivity contribution in [2.24, 2.45) is 5.41 Å². The maximum absolute atomic E-state index is 12.4. The number of urea groups is 1. The van der Waals surface area contributed by atoms with Crippen LogP contribution >= 0.6 is 0 Å². The van der Waals surface area contributed by atoms with E-state index >= 15 is 0 Å². The molecule has 4 heteroatoms. The van der Waals surface area contributed by atoms with Crippen LogP contribution in [0.4, 0.5) is 10.5 Å². The second-order valence-electron chi connectivity index (χ2n) is 6.93. The first-order chi connectivity index (χ1) is 10.8. The molecule has 2 aromatic rings. The van der Waals surface area contributed by atoms with Crippen LogP contribution in [-0.4, -0.2) is 11.0 Å². The molecule has 0 fully saturated rings. The van der Waals surface area contributed by atoms with E-state index in [-0.39, 0.29) is 17.5 Å². The summed E-state index contributed by atoms with van der Waals surface area (Å²) in [5.74, 6) is 0. The molecule has 1 aromatic carbocycles. The predicted molar refractivity (Wildman–Crippen MR) is 94.5 cm³/mol. The average molecular weight is 311 g/mol. The average Bonchev–Trinajstić information content (AvgIpc) is 2.48. The summed E-state index contributed by atoms with van der Waals surface area (Å²) >= 11 is 0. The number of nitrogens with one attached hydrogen (secondary N) is 2. The molecular weight excluding hydrogens is 286 g/mol. The van der Waals surface area contributed by atoms with E-state index in [4.69, 9.17) is 0 Å². The summed E-state index contributed by atoms with van der Waals surface area (Å²) in [5, 5.41) is 5.95. The summed E-state index contributed by atoms with van der Waals surface area (Å²) in [6.07, 6.45) is 1.68. The fraction of sp³-hybridized carbons (Fsp3) is 0.368. The van der Waals surface area contributed by atoms with E-state index in [1.54, 1.807) is 6.20 Å². The number of benzene rings is 1. The number of amides is 2. The standard InChI is InChI=1S/C19H25N3O/c1-13-11-16(12-20-14(13)2)21-18(23)22-17(19(3,4)5)15-9-7-6-8-10-15/h6-12,17H,1-5H3,(H2,21,22,23). The number of carbonyl (C=O) groups excluding carboxylic acids is 1. The van der Waals surface area contributed by atoms with Crippen LogP contribution < -0.4 is 10.6 Å². The van der Waals surface area contributed by atoms with Crippen molar-refractivity contribution in [1.82, 2.24) is 10.3 Å². The first kappa shape index (κ1) is 17.0. The molecule has 0 aliphatic rings. The van der Waals surface area contributed by atoms with Crippen LogP contribution in [0.25, 0.3) is 0 Å². The minimum absolute atomic E-state index is 0.0804. The van der Waals surface area contributed by atoms with Crippen molar-refractivity contribution in [3.05, 3.63) is 59.4 Å². The molecule has 1 heterocycles. The molecule has 1 aromatic heterocycles. The van der Waals surface area contributed by atoms with E-state index in [9.17, 15) is 4.79 Å². The summed E-state index contributed by atoms with van der Waals surface area (Å²) < 4.78 is 0. The van der Waals surface area contributed by atoms with Gasteiger partial charge in [-0.3, -0.25) is 4.98 Å². The number of hydrogen-bond donors (Lipinski definition) is 2. The fourth-order valence-corrected chi connectivity index (χ4v) is 2.46.